The standard InChI is InChI=1S/C77H143N11O30/c1-50(2)114-37-14-9-8-13-30-78-60(98)25-18-26-64(102)88-77(47-111-41-27-61(99)82-34-19-31-79-57(95)22-10-15-38-115-74(109)65(85-53(5)92)71(106)68(103)51(3)44-89,48-112-42-28-62(100)83-35-20-32-80-58(96)23-11-16-39-116-75(110)66(86-54(6)93)72(107)69(104)52(4)45-90)49-113-43-29-63(101)84-36-21-33-81-59(97)24-12-17-40-117-76-67(87-55(7)94)73(108)70(105)56(46-91)118-76/h50-52,56,65-76,89-91,103-110H,8-49H2,1-7H3,(H,78,98)(H,79,95)(H,80,96)(H,81,97)(H,82,99)(H,83,100)(H,84,101)(H,85,92)(H,86,93)(H,87,94)(H,88,102)/t51?,52?,56?,65?,66?,67?,68-,69-,70-,71+,72+,73+,74-,75-,76+,77?/m0/s1. The van der Waals surface area contributed by atoms with Crippen LogP contribution in [0.4, 0.5) is 0 Å². The van der Waals surface area contributed by atoms with Crippen molar-refractivity contribution in [3.8, 4) is 0 Å². The van der Waals surface area contributed by atoms with Gasteiger partial charge in [-0.15, -0.1) is 0 Å². The van der Waals surface area contributed by atoms with Crippen molar-refractivity contribution in [2.75, 3.05) is 132 Å². The molecule has 15 atom stereocenters. The minimum Gasteiger partial charge on any atom is -0.396 e. The fourth-order valence-electron chi connectivity index (χ4n) is 11.7. The lowest BCUT2D eigenvalue weighted by Gasteiger charge is -2.42. The van der Waals surface area contributed by atoms with Crippen LogP contribution in [0.5, 0.6) is 0 Å². The van der Waals surface area contributed by atoms with E-state index in [-0.39, 0.29) is 186 Å². The first-order valence-electron chi connectivity index (χ1n) is 41.3. The number of carbonyl (C=O) groups excluding carboxylic acids is 11. The van der Waals surface area contributed by atoms with Crippen molar-refractivity contribution in [1.29, 1.82) is 0 Å². The van der Waals surface area contributed by atoms with E-state index in [9.17, 15) is 109 Å². The number of carbonyl (C=O) groups is 11. The van der Waals surface area contributed by atoms with Crippen LogP contribution in [-0.2, 0) is 90.6 Å². The molecule has 0 bridgehead atoms. The van der Waals surface area contributed by atoms with Crippen molar-refractivity contribution in [2.24, 2.45) is 11.8 Å². The van der Waals surface area contributed by atoms with Crippen molar-refractivity contribution in [1.82, 2.24) is 58.5 Å². The van der Waals surface area contributed by atoms with Crippen LogP contribution in [-0.4, -0.2) is 344 Å². The number of aliphatic hydroxyl groups is 11. The minimum atomic E-state index is -1.71. The Morgan fingerprint density at radius 1 is 0.373 bits per heavy atom. The third-order valence-electron chi connectivity index (χ3n) is 18.6. The summed E-state index contributed by atoms with van der Waals surface area (Å²) >= 11 is 0. The van der Waals surface area contributed by atoms with Gasteiger partial charge in [-0.3, -0.25) is 52.7 Å². The predicted molar refractivity (Wildman–Crippen MR) is 424 cm³/mol. The Morgan fingerprint density at radius 2 is 0.712 bits per heavy atom. The molecular weight excluding hydrogens is 1560 g/mol. The van der Waals surface area contributed by atoms with Crippen LogP contribution in [0.2, 0.25) is 0 Å². The van der Waals surface area contributed by atoms with Crippen molar-refractivity contribution in [3.63, 3.8) is 0 Å². The van der Waals surface area contributed by atoms with Gasteiger partial charge in [-0.05, 0) is 90.9 Å². The van der Waals surface area contributed by atoms with Crippen molar-refractivity contribution in [3.05, 3.63) is 0 Å². The summed E-state index contributed by atoms with van der Waals surface area (Å²) < 4.78 is 45.8. The zero-order valence-electron chi connectivity index (χ0n) is 70.1. The van der Waals surface area contributed by atoms with Gasteiger partial charge in [0.05, 0.1) is 64.6 Å². The molecule has 0 radical (unpaired) electrons. The van der Waals surface area contributed by atoms with Crippen molar-refractivity contribution >= 4 is 65.0 Å². The molecule has 1 fully saturated rings. The molecule has 22 N–H and O–H groups in total. The largest absolute Gasteiger partial charge is 0.396 e. The van der Waals surface area contributed by atoms with E-state index in [1.807, 2.05) is 13.8 Å². The Bertz CT molecular complexity index is 2710. The van der Waals surface area contributed by atoms with Gasteiger partial charge < -0.3 is 153 Å². The normalized spacial score (nSPS) is 18.4. The number of rotatable bonds is 72. The van der Waals surface area contributed by atoms with E-state index < -0.39 is 158 Å². The molecule has 1 rings (SSSR count). The quantitative estimate of drug-likeness (QED) is 0.0200. The molecule has 0 aromatic carbocycles. The van der Waals surface area contributed by atoms with Gasteiger partial charge in [-0.25, -0.2) is 0 Å². The Labute approximate surface area is 692 Å². The topological polar surface area (TPSA) is 616 Å². The maximum absolute atomic E-state index is 13.9. The molecule has 0 aliphatic carbocycles. The molecule has 6 unspecified atom stereocenters. The van der Waals surface area contributed by atoms with E-state index in [0.29, 0.717) is 70.9 Å². The zero-order valence-corrected chi connectivity index (χ0v) is 70.1. The summed E-state index contributed by atoms with van der Waals surface area (Å²) in [5.41, 5.74) is -1.51. The van der Waals surface area contributed by atoms with E-state index in [1.54, 1.807) is 0 Å². The summed E-state index contributed by atoms with van der Waals surface area (Å²) in [5, 5.41) is 142. The highest BCUT2D eigenvalue weighted by molar-refractivity contribution is 5.80. The zero-order chi connectivity index (χ0) is 88.2. The second-order valence-electron chi connectivity index (χ2n) is 29.9. The van der Waals surface area contributed by atoms with Crippen LogP contribution in [0.15, 0.2) is 0 Å². The second-order valence-corrected chi connectivity index (χ2v) is 29.9. The second kappa shape index (κ2) is 66.1. The predicted octanol–water partition coefficient (Wildman–Crippen LogP) is -4.95. The van der Waals surface area contributed by atoms with Gasteiger partial charge in [-0.2, -0.15) is 0 Å². The maximum atomic E-state index is 13.9. The van der Waals surface area contributed by atoms with Gasteiger partial charge in [0.2, 0.25) is 65.0 Å². The summed E-state index contributed by atoms with van der Waals surface area (Å²) in [4.78, 5) is 139. The highest BCUT2D eigenvalue weighted by atomic mass is 16.7. The molecule has 0 saturated carbocycles. The van der Waals surface area contributed by atoms with Gasteiger partial charge in [0.15, 0.2) is 18.9 Å². The SMILES string of the molecule is CC(=O)NC1[C@H](OCCCCC(=O)NCCCNC(=O)CCOCC(COCCC(=O)NCCCNC(=O)CCCCO[C@H](O)C(NC(C)=O)[C@@H](O)[C@@H](O)C(C)CO)(COCCC(=O)NCCCNC(=O)CCCCO[C@H](O)C(NC(C)=O)[C@@H](O)[C@@H](O)C(C)CO)NC(=O)CCCC(=O)NCCCCCCOC(C)C)OC(CO)[C@H](O)[C@@H]1O. The van der Waals surface area contributed by atoms with Crippen LogP contribution in [0.25, 0.3) is 0 Å². The molecule has 0 spiro atoms. The van der Waals surface area contributed by atoms with Gasteiger partial charge in [0.25, 0.3) is 0 Å². The number of aliphatic hydroxyl groups excluding tert-OH is 11. The highest BCUT2D eigenvalue weighted by Crippen LogP contribution is 2.24. The summed E-state index contributed by atoms with van der Waals surface area (Å²) in [6.45, 7) is 9.66. The Balaban J connectivity index is 3.05. The van der Waals surface area contributed by atoms with Crippen molar-refractivity contribution in [2.45, 2.75) is 281 Å². The number of ether oxygens (including phenoxy) is 8. The first-order chi connectivity index (χ1) is 56.2. The number of amides is 11. The van der Waals surface area contributed by atoms with Crippen LogP contribution >= 0.6 is 0 Å². The number of unbranched alkanes of at least 4 members (excludes halogenated alkanes) is 6. The van der Waals surface area contributed by atoms with E-state index in [2.05, 4.69) is 58.5 Å². The van der Waals surface area contributed by atoms with Gasteiger partial charge in [0, 0.05) is 169 Å². The molecule has 1 heterocycles. The summed E-state index contributed by atoms with van der Waals surface area (Å²) in [6, 6.07) is -3.92. The molecule has 686 valence electrons. The van der Waals surface area contributed by atoms with E-state index in [0.717, 1.165) is 39.5 Å². The molecule has 41 heteroatoms. The summed E-state index contributed by atoms with van der Waals surface area (Å²) in [6.07, 6.45) is -8.29. The Hall–Kier alpha value is -6.59. The average Bonchev–Trinajstić information content (AvgIpc) is 0.800. The average molecular weight is 1700 g/mol. The molecule has 1 aliphatic heterocycles. The summed E-state index contributed by atoms with van der Waals surface area (Å²) in [5.74, 6) is -6.10. The van der Waals surface area contributed by atoms with E-state index >= 15 is 0 Å². The Kier molecular flexibility index (Phi) is 61.3. The Morgan fingerprint density at radius 3 is 1.08 bits per heavy atom. The fraction of sp³-hybridized carbons (Fsp3) is 0.857. The molecule has 0 aromatic heterocycles. The van der Waals surface area contributed by atoms with Gasteiger partial charge in [-0.1, -0.05) is 26.7 Å². The summed E-state index contributed by atoms with van der Waals surface area (Å²) in [7, 11) is 0. The van der Waals surface area contributed by atoms with E-state index in [4.69, 9.17) is 37.9 Å². The third-order valence-corrected chi connectivity index (χ3v) is 18.6. The lowest BCUT2D eigenvalue weighted by Crippen LogP contribution is -2.64. The first kappa shape index (κ1) is 109. The van der Waals surface area contributed by atoms with Gasteiger partial charge >= 0.3 is 0 Å². The van der Waals surface area contributed by atoms with Crippen LogP contribution in [0.1, 0.15) is 190 Å². The van der Waals surface area contributed by atoms with Crippen LogP contribution in [0.3, 0.4) is 0 Å². The maximum Gasteiger partial charge on any atom is 0.222 e. The first-order valence-corrected chi connectivity index (χ1v) is 41.3. The molecule has 11 amide bonds. The van der Waals surface area contributed by atoms with E-state index in [1.165, 1.54) is 20.8 Å². The molecule has 0 aromatic rings. The smallest absolute Gasteiger partial charge is 0.222 e. The monoisotopic (exact) mass is 1700 g/mol. The number of nitrogens with one attached hydrogen (secondary N) is 11. The molecule has 41 nitrogen and oxygen atoms in total. The lowest BCUT2D eigenvalue weighted by molar-refractivity contribution is -0.270. The number of hydrogen-bond donors (Lipinski definition) is 22. The molecule has 1 aliphatic rings. The van der Waals surface area contributed by atoms with Crippen molar-refractivity contribution < 1.29 is 147 Å². The highest BCUT2D eigenvalue weighted by Gasteiger charge is 2.46. The van der Waals surface area contributed by atoms with Gasteiger partial charge in [0.1, 0.15) is 54.2 Å². The van der Waals surface area contributed by atoms with Crippen LogP contribution in [0, 0.1) is 11.8 Å². The third kappa shape index (κ3) is 51.9. The molecule has 1 saturated heterocycles. The fourth-order valence-corrected chi connectivity index (χ4v) is 11.7. The molecule has 118 heavy (non-hydrogen) atoms. The number of hydrogen-bond acceptors (Lipinski definition) is 30. The van der Waals surface area contributed by atoms with Crippen LogP contribution < -0.4 is 58.5 Å². The minimum absolute atomic E-state index is 0.0351. The molecular formula is C77H143N11O30. The lowest BCUT2D eigenvalue weighted by atomic mass is 9.95.